The van der Waals surface area contributed by atoms with Gasteiger partial charge in [0.2, 0.25) is 0 Å². The highest BCUT2D eigenvalue weighted by Crippen LogP contribution is 2.28. The van der Waals surface area contributed by atoms with E-state index in [9.17, 15) is 0 Å². The Balaban J connectivity index is 2.49. The van der Waals surface area contributed by atoms with Crippen molar-refractivity contribution in [2.75, 3.05) is 20.3 Å². The fraction of sp³-hybridized carbons (Fsp3) is 0.625. The van der Waals surface area contributed by atoms with Crippen LogP contribution in [0.2, 0.25) is 0 Å². The van der Waals surface area contributed by atoms with Crippen LogP contribution in [-0.4, -0.2) is 25.8 Å². The summed E-state index contributed by atoms with van der Waals surface area (Å²) in [6.45, 7) is 10.2. The maximum absolute atomic E-state index is 5.78. The third-order valence-electron chi connectivity index (χ3n) is 3.48. The zero-order valence-corrected chi connectivity index (χ0v) is 12.9. The molecule has 0 heterocycles. The maximum atomic E-state index is 5.78. The number of hydrogen-bond donors (Lipinski definition) is 1. The molecule has 0 aromatic heterocycles. The van der Waals surface area contributed by atoms with E-state index in [1.165, 1.54) is 5.56 Å². The second kappa shape index (κ2) is 7.39. The standard InChI is InChI=1S/C16H27NO2/c1-6-13-8-9-14(15(12-13)18-5)19-11-10-17-16(3,4)7-2/h8-9,12,17H,6-7,10-11H2,1-5H3. The first-order valence-electron chi connectivity index (χ1n) is 7.07. The fourth-order valence-corrected chi connectivity index (χ4v) is 1.73. The highest BCUT2D eigenvalue weighted by atomic mass is 16.5. The molecule has 3 nitrogen and oxygen atoms in total. The van der Waals surface area contributed by atoms with Crippen molar-refractivity contribution in [3.8, 4) is 11.5 Å². The molecule has 19 heavy (non-hydrogen) atoms. The van der Waals surface area contributed by atoms with Crippen LogP contribution in [0.5, 0.6) is 11.5 Å². The lowest BCUT2D eigenvalue weighted by molar-refractivity contribution is 0.268. The van der Waals surface area contributed by atoms with Crippen LogP contribution >= 0.6 is 0 Å². The van der Waals surface area contributed by atoms with Gasteiger partial charge >= 0.3 is 0 Å². The van der Waals surface area contributed by atoms with Crippen molar-refractivity contribution in [3.05, 3.63) is 23.8 Å². The Labute approximate surface area is 117 Å². The molecular weight excluding hydrogens is 238 g/mol. The zero-order valence-electron chi connectivity index (χ0n) is 12.9. The molecule has 0 radical (unpaired) electrons. The molecule has 0 bridgehead atoms. The molecule has 0 fully saturated rings. The van der Waals surface area contributed by atoms with E-state index in [4.69, 9.17) is 9.47 Å². The lowest BCUT2D eigenvalue weighted by atomic mass is 10.0. The quantitative estimate of drug-likeness (QED) is 0.731. The van der Waals surface area contributed by atoms with E-state index < -0.39 is 0 Å². The van der Waals surface area contributed by atoms with E-state index in [-0.39, 0.29) is 5.54 Å². The van der Waals surface area contributed by atoms with Crippen LogP contribution in [-0.2, 0) is 6.42 Å². The number of aryl methyl sites for hydroxylation is 1. The van der Waals surface area contributed by atoms with Gasteiger partial charge in [-0.1, -0.05) is 19.9 Å². The Kier molecular flexibility index (Phi) is 6.16. The van der Waals surface area contributed by atoms with Crippen molar-refractivity contribution in [2.24, 2.45) is 0 Å². The van der Waals surface area contributed by atoms with Gasteiger partial charge in [-0.2, -0.15) is 0 Å². The van der Waals surface area contributed by atoms with Gasteiger partial charge in [0.05, 0.1) is 7.11 Å². The summed E-state index contributed by atoms with van der Waals surface area (Å²) in [5, 5.41) is 3.47. The smallest absolute Gasteiger partial charge is 0.161 e. The van der Waals surface area contributed by atoms with E-state index in [1.54, 1.807) is 7.11 Å². The minimum absolute atomic E-state index is 0.166. The predicted molar refractivity (Wildman–Crippen MR) is 80.2 cm³/mol. The Morgan fingerprint density at radius 1 is 1.16 bits per heavy atom. The van der Waals surface area contributed by atoms with E-state index in [2.05, 4.69) is 39.1 Å². The van der Waals surface area contributed by atoms with Crippen molar-refractivity contribution in [1.29, 1.82) is 0 Å². The van der Waals surface area contributed by atoms with Gasteiger partial charge in [0, 0.05) is 12.1 Å². The molecule has 0 saturated carbocycles. The second-order valence-corrected chi connectivity index (χ2v) is 5.35. The maximum Gasteiger partial charge on any atom is 0.161 e. The largest absolute Gasteiger partial charge is 0.493 e. The van der Waals surface area contributed by atoms with Crippen molar-refractivity contribution in [2.45, 2.75) is 46.1 Å². The fourth-order valence-electron chi connectivity index (χ4n) is 1.73. The third kappa shape index (κ3) is 5.11. The van der Waals surface area contributed by atoms with Crippen LogP contribution in [0.25, 0.3) is 0 Å². The van der Waals surface area contributed by atoms with Crippen LogP contribution < -0.4 is 14.8 Å². The van der Waals surface area contributed by atoms with E-state index >= 15 is 0 Å². The van der Waals surface area contributed by atoms with Crippen molar-refractivity contribution in [3.63, 3.8) is 0 Å². The Hall–Kier alpha value is -1.22. The summed E-state index contributed by atoms with van der Waals surface area (Å²) >= 11 is 0. The lowest BCUT2D eigenvalue weighted by Crippen LogP contribution is -2.40. The molecule has 0 spiro atoms. The number of methoxy groups -OCH3 is 1. The molecule has 0 amide bonds. The summed E-state index contributed by atoms with van der Waals surface area (Å²) in [4.78, 5) is 0. The molecule has 0 aliphatic heterocycles. The SMILES string of the molecule is CCc1ccc(OCCNC(C)(C)CC)c(OC)c1. The third-order valence-corrected chi connectivity index (χ3v) is 3.48. The van der Waals surface area contributed by atoms with Crippen molar-refractivity contribution >= 4 is 0 Å². The summed E-state index contributed by atoms with van der Waals surface area (Å²) in [6, 6.07) is 6.11. The first-order valence-corrected chi connectivity index (χ1v) is 7.07. The molecule has 1 aromatic rings. The number of hydrogen-bond acceptors (Lipinski definition) is 3. The van der Waals surface area contributed by atoms with Crippen LogP contribution in [0, 0.1) is 0 Å². The van der Waals surface area contributed by atoms with E-state index in [0.29, 0.717) is 6.61 Å². The molecule has 0 unspecified atom stereocenters. The highest BCUT2D eigenvalue weighted by Gasteiger charge is 2.13. The number of nitrogens with one attached hydrogen (secondary N) is 1. The summed E-state index contributed by atoms with van der Waals surface area (Å²) in [5.74, 6) is 1.63. The molecule has 0 saturated heterocycles. The van der Waals surface area contributed by atoms with Crippen LogP contribution in [0.15, 0.2) is 18.2 Å². The summed E-state index contributed by atoms with van der Waals surface area (Å²) < 4.78 is 11.1. The first kappa shape index (κ1) is 15.8. The van der Waals surface area contributed by atoms with Gasteiger partial charge in [-0.25, -0.2) is 0 Å². The van der Waals surface area contributed by atoms with Gasteiger partial charge in [0.15, 0.2) is 11.5 Å². The van der Waals surface area contributed by atoms with Gasteiger partial charge < -0.3 is 14.8 Å². The average molecular weight is 265 g/mol. The van der Waals surface area contributed by atoms with Gasteiger partial charge in [-0.15, -0.1) is 0 Å². The van der Waals surface area contributed by atoms with Gasteiger partial charge in [-0.05, 0) is 44.4 Å². The molecule has 0 aliphatic rings. The summed E-state index contributed by atoms with van der Waals surface area (Å²) in [5.41, 5.74) is 1.42. The van der Waals surface area contributed by atoms with Crippen LogP contribution in [0.4, 0.5) is 0 Å². The van der Waals surface area contributed by atoms with Crippen molar-refractivity contribution < 1.29 is 9.47 Å². The van der Waals surface area contributed by atoms with Crippen LogP contribution in [0.3, 0.4) is 0 Å². The van der Waals surface area contributed by atoms with Gasteiger partial charge in [0.25, 0.3) is 0 Å². The Morgan fingerprint density at radius 3 is 2.47 bits per heavy atom. The highest BCUT2D eigenvalue weighted by molar-refractivity contribution is 5.42. The summed E-state index contributed by atoms with van der Waals surface area (Å²) in [6.07, 6.45) is 2.10. The lowest BCUT2D eigenvalue weighted by Gasteiger charge is -2.24. The monoisotopic (exact) mass is 265 g/mol. The molecule has 1 N–H and O–H groups in total. The second-order valence-electron chi connectivity index (χ2n) is 5.35. The minimum Gasteiger partial charge on any atom is -0.493 e. The number of ether oxygens (including phenoxy) is 2. The molecule has 0 aliphatic carbocycles. The Morgan fingerprint density at radius 2 is 1.89 bits per heavy atom. The molecule has 0 atom stereocenters. The number of benzene rings is 1. The Bertz CT molecular complexity index is 388. The zero-order chi connectivity index (χ0) is 14.3. The molecular formula is C16H27NO2. The normalized spacial score (nSPS) is 11.4. The molecule has 1 aromatic carbocycles. The topological polar surface area (TPSA) is 30.5 Å². The van der Waals surface area contributed by atoms with E-state index in [1.807, 2.05) is 12.1 Å². The average Bonchev–Trinajstić information content (AvgIpc) is 2.43. The van der Waals surface area contributed by atoms with E-state index in [0.717, 1.165) is 30.9 Å². The van der Waals surface area contributed by atoms with Gasteiger partial charge in [-0.3, -0.25) is 0 Å². The predicted octanol–water partition coefficient (Wildman–Crippen LogP) is 3.41. The number of rotatable bonds is 8. The van der Waals surface area contributed by atoms with Crippen molar-refractivity contribution in [1.82, 2.24) is 5.32 Å². The first-order chi connectivity index (χ1) is 9.02. The molecule has 1 rings (SSSR count). The minimum atomic E-state index is 0.166. The van der Waals surface area contributed by atoms with Crippen LogP contribution in [0.1, 0.15) is 39.7 Å². The molecule has 108 valence electrons. The van der Waals surface area contributed by atoms with Gasteiger partial charge in [0.1, 0.15) is 6.61 Å². The summed E-state index contributed by atoms with van der Waals surface area (Å²) in [7, 11) is 1.68. The molecule has 3 heteroatoms.